The molecule has 0 aliphatic rings. The van der Waals surface area contributed by atoms with Crippen molar-refractivity contribution < 1.29 is 16.6 Å². The summed E-state index contributed by atoms with van der Waals surface area (Å²) in [7, 11) is 0. The SMILES string of the molecule is CCCC[NH3+].[NH3+]CCO. The minimum absolute atomic E-state index is 0.208. The first-order valence-corrected chi connectivity index (χ1v) is 3.52. The highest BCUT2D eigenvalue weighted by Crippen LogP contribution is 1.75. The first kappa shape index (κ1) is 11.6. The molecule has 0 saturated heterocycles. The third-order valence-electron chi connectivity index (χ3n) is 0.762. The van der Waals surface area contributed by atoms with E-state index in [0.717, 1.165) is 6.54 Å². The second kappa shape index (κ2) is 15.7. The molecule has 9 heavy (non-hydrogen) atoms. The second-order valence-electron chi connectivity index (χ2n) is 1.78. The monoisotopic (exact) mass is 136 g/mol. The molecule has 0 bridgehead atoms. The highest BCUT2D eigenvalue weighted by molar-refractivity contribution is 4.21. The van der Waals surface area contributed by atoms with Crippen molar-refractivity contribution in [3.63, 3.8) is 0 Å². The van der Waals surface area contributed by atoms with Gasteiger partial charge in [-0.05, 0) is 6.42 Å². The molecule has 0 aliphatic carbocycles. The van der Waals surface area contributed by atoms with E-state index < -0.39 is 0 Å². The number of quaternary nitrogens is 2. The molecule has 58 valence electrons. The summed E-state index contributed by atoms with van der Waals surface area (Å²) < 4.78 is 0. The minimum Gasteiger partial charge on any atom is -0.391 e. The summed E-state index contributed by atoms with van der Waals surface area (Å²) in [5.41, 5.74) is 7.03. The number of unbranched alkanes of at least 4 members (excludes halogenated alkanes) is 1. The van der Waals surface area contributed by atoms with Crippen molar-refractivity contribution in [2.24, 2.45) is 0 Å². The van der Waals surface area contributed by atoms with Gasteiger partial charge in [-0.25, -0.2) is 0 Å². The fourth-order valence-electron chi connectivity index (χ4n) is 0.250. The summed E-state index contributed by atoms with van der Waals surface area (Å²) in [5.74, 6) is 0. The maximum absolute atomic E-state index is 7.81. The van der Waals surface area contributed by atoms with E-state index in [-0.39, 0.29) is 6.61 Å². The van der Waals surface area contributed by atoms with Crippen molar-refractivity contribution in [3.8, 4) is 0 Å². The summed E-state index contributed by atoms with van der Waals surface area (Å²) in [6.45, 7) is 4.10. The quantitative estimate of drug-likeness (QED) is 0.423. The Bertz CT molecular complexity index is 30.2. The van der Waals surface area contributed by atoms with Crippen LogP contribution in [-0.4, -0.2) is 24.8 Å². The Labute approximate surface area is 57.0 Å². The first-order valence-electron chi connectivity index (χ1n) is 3.52. The van der Waals surface area contributed by atoms with Gasteiger partial charge in [-0.3, -0.25) is 0 Å². The van der Waals surface area contributed by atoms with E-state index in [4.69, 9.17) is 5.11 Å². The van der Waals surface area contributed by atoms with E-state index >= 15 is 0 Å². The largest absolute Gasteiger partial charge is 0.391 e. The average Bonchev–Trinajstić information content (AvgIpc) is 1.91. The minimum atomic E-state index is 0.208. The van der Waals surface area contributed by atoms with Crippen LogP contribution in [0.4, 0.5) is 0 Å². The Kier molecular flexibility index (Phi) is 20.3. The van der Waals surface area contributed by atoms with E-state index in [9.17, 15) is 0 Å². The average molecular weight is 136 g/mol. The molecule has 7 N–H and O–H groups in total. The third kappa shape index (κ3) is 32.8. The van der Waals surface area contributed by atoms with Crippen LogP contribution in [0.5, 0.6) is 0 Å². The van der Waals surface area contributed by atoms with Gasteiger partial charge >= 0.3 is 0 Å². The van der Waals surface area contributed by atoms with Crippen molar-refractivity contribution in [2.75, 3.05) is 19.7 Å². The predicted octanol–water partition coefficient (Wildman–Crippen LogP) is -1.75. The second-order valence-corrected chi connectivity index (χ2v) is 1.78. The molecular weight excluding hydrogens is 116 g/mol. The Morgan fingerprint density at radius 2 is 1.67 bits per heavy atom. The number of hydrogen-bond acceptors (Lipinski definition) is 1. The van der Waals surface area contributed by atoms with Crippen LogP contribution in [0.3, 0.4) is 0 Å². The van der Waals surface area contributed by atoms with Gasteiger partial charge in [0, 0.05) is 0 Å². The van der Waals surface area contributed by atoms with Crippen molar-refractivity contribution in [1.82, 2.24) is 0 Å². The Hall–Kier alpha value is -0.120. The molecule has 0 atom stereocenters. The van der Waals surface area contributed by atoms with Crippen LogP contribution in [0.25, 0.3) is 0 Å². The summed E-state index contributed by atoms with van der Waals surface area (Å²) in [4.78, 5) is 0. The molecule has 0 saturated carbocycles. The van der Waals surface area contributed by atoms with E-state index in [1.54, 1.807) is 0 Å². The molecule has 0 radical (unpaired) electrons. The molecule has 0 heterocycles. The molecule has 0 aromatic rings. The van der Waals surface area contributed by atoms with Gasteiger partial charge in [0.1, 0.15) is 0 Å². The van der Waals surface area contributed by atoms with Crippen LogP contribution in [0.1, 0.15) is 19.8 Å². The number of rotatable bonds is 3. The van der Waals surface area contributed by atoms with Gasteiger partial charge < -0.3 is 16.6 Å². The Morgan fingerprint density at radius 3 is 1.67 bits per heavy atom. The van der Waals surface area contributed by atoms with Gasteiger partial charge in [-0.2, -0.15) is 0 Å². The van der Waals surface area contributed by atoms with Crippen LogP contribution < -0.4 is 11.5 Å². The number of hydrogen-bond donors (Lipinski definition) is 3. The van der Waals surface area contributed by atoms with Crippen molar-refractivity contribution in [2.45, 2.75) is 19.8 Å². The fourth-order valence-corrected chi connectivity index (χ4v) is 0.250. The van der Waals surface area contributed by atoms with Crippen LogP contribution in [-0.2, 0) is 0 Å². The summed E-state index contributed by atoms with van der Waals surface area (Å²) >= 11 is 0. The van der Waals surface area contributed by atoms with Crippen molar-refractivity contribution >= 4 is 0 Å². The molecule has 3 heteroatoms. The smallest absolute Gasteiger partial charge is 0.0974 e. The highest BCUT2D eigenvalue weighted by Gasteiger charge is 1.71. The summed E-state index contributed by atoms with van der Waals surface area (Å²) in [6.07, 6.45) is 2.56. The maximum atomic E-state index is 7.81. The molecule has 0 aliphatic heterocycles. The lowest BCUT2D eigenvalue weighted by molar-refractivity contribution is -0.372. The number of aliphatic hydroxyl groups excluding tert-OH is 1. The lowest BCUT2D eigenvalue weighted by Gasteiger charge is -1.77. The molecule has 0 rings (SSSR count). The highest BCUT2D eigenvalue weighted by atomic mass is 16.3. The third-order valence-corrected chi connectivity index (χ3v) is 0.762. The van der Waals surface area contributed by atoms with E-state index in [1.165, 1.54) is 12.8 Å². The van der Waals surface area contributed by atoms with Gasteiger partial charge in [0.25, 0.3) is 0 Å². The van der Waals surface area contributed by atoms with Crippen molar-refractivity contribution in [1.29, 1.82) is 0 Å². The van der Waals surface area contributed by atoms with Gasteiger partial charge in [0.2, 0.25) is 0 Å². The van der Waals surface area contributed by atoms with Crippen molar-refractivity contribution in [3.05, 3.63) is 0 Å². The first-order chi connectivity index (χ1) is 4.33. The van der Waals surface area contributed by atoms with Gasteiger partial charge in [-0.15, -0.1) is 0 Å². The van der Waals surface area contributed by atoms with Gasteiger partial charge in [-0.1, -0.05) is 13.3 Å². The lowest BCUT2D eigenvalue weighted by Crippen LogP contribution is -2.51. The zero-order valence-corrected chi connectivity index (χ0v) is 6.40. The molecule has 3 nitrogen and oxygen atoms in total. The van der Waals surface area contributed by atoms with E-state index in [2.05, 4.69) is 18.4 Å². The Morgan fingerprint density at radius 1 is 1.22 bits per heavy atom. The van der Waals surface area contributed by atoms with E-state index in [0.29, 0.717) is 6.54 Å². The Balaban J connectivity index is 0. The maximum Gasteiger partial charge on any atom is 0.0974 e. The van der Waals surface area contributed by atoms with Gasteiger partial charge in [0.05, 0.1) is 19.7 Å². The molecule has 0 amide bonds. The molecular formula is C6H20N2O+2. The normalized spacial score (nSPS) is 8.00. The number of aliphatic hydroxyl groups is 1. The zero-order valence-electron chi connectivity index (χ0n) is 6.40. The molecule has 0 unspecified atom stereocenters. The summed E-state index contributed by atoms with van der Waals surface area (Å²) in [5, 5.41) is 7.81. The molecule has 0 aromatic carbocycles. The molecule has 0 aromatic heterocycles. The molecule has 0 fully saturated rings. The topological polar surface area (TPSA) is 75.5 Å². The van der Waals surface area contributed by atoms with Crippen LogP contribution >= 0.6 is 0 Å². The molecule has 0 spiro atoms. The van der Waals surface area contributed by atoms with Gasteiger partial charge in [0.15, 0.2) is 0 Å². The van der Waals surface area contributed by atoms with E-state index in [1.807, 2.05) is 0 Å². The fraction of sp³-hybridized carbons (Fsp3) is 1.00. The predicted molar refractivity (Wildman–Crippen MR) is 37.5 cm³/mol. The van der Waals surface area contributed by atoms with Crippen LogP contribution in [0, 0.1) is 0 Å². The standard InChI is InChI=1S/C4H11N.C2H7NO/c1-2-3-4-5;3-1-2-4/h2-5H2,1H3;4H,1-3H2/p+2. The van der Waals surface area contributed by atoms with Crippen LogP contribution in [0.15, 0.2) is 0 Å². The zero-order chi connectivity index (χ0) is 7.54. The lowest BCUT2D eigenvalue weighted by atomic mass is 10.3. The summed E-state index contributed by atoms with van der Waals surface area (Å²) in [6, 6.07) is 0. The van der Waals surface area contributed by atoms with Crippen LogP contribution in [0.2, 0.25) is 0 Å².